The van der Waals surface area contributed by atoms with E-state index >= 15 is 0 Å². The Bertz CT molecular complexity index is 789. The maximum atomic E-state index is 4.69. The quantitative estimate of drug-likeness (QED) is 0.605. The summed E-state index contributed by atoms with van der Waals surface area (Å²) in [7, 11) is 0. The molecule has 2 aromatic rings. The van der Waals surface area contributed by atoms with E-state index in [0.717, 1.165) is 41.6 Å². The number of aromatic nitrogens is 3. The fourth-order valence-electron chi connectivity index (χ4n) is 6.63. The molecule has 0 spiro atoms. The molecule has 0 amide bonds. The third-order valence-corrected chi connectivity index (χ3v) is 8.44. The molecule has 0 radical (unpaired) electrons. The smallest absolute Gasteiger partial charge is 0.191 e. The van der Waals surface area contributed by atoms with Crippen molar-refractivity contribution in [3.05, 3.63) is 41.2 Å². The van der Waals surface area contributed by atoms with Crippen molar-refractivity contribution in [2.75, 3.05) is 0 Å². The number of benzene rings is 1. The van der Waals surface area contributed by atoms with Crippen molar-refractivity contribution in [3.8, 4) is 0 Å². The third kappa shape index (κ3) is 3.35. The van der Waals surface area contributed by atoms with Gasteiger partial charge in [-0.3, -0.25) is 0 Å². The molecule has 0 atom stereocenters. The van der Waals surface area contributed by atoms with E-state index in [2.05, 4.69) is 52.9 Å². The molecule has 4 bridgehead atoms. The summed E-state index contributed by atoms with van der Waals surface area (Å²) in [5.41, 5.74) is 3.30. The molecule has 1 heterocycles. The standard InChI is InChI=1S/C23H31N3S/c1-3-26-21(14-23-11-17-8-18(12-23)10-19(9-17)13-23)24-25-22(26)27-15-20-7-5-4-6-16(20)2/h4-7,17-19H,3,8-15H2,1-2H3. The molecule has 1 aromatic carbocycles. The zero-order valence-corrected chi connectivity index (χ0v) is 17.5. The first-order valence-electron chi connectivity index (χ1n) is 10.7. The monoisotopic (exact) mass is 381 g/mol. The minimum absolute atomic E-state index is 0.534. The molecule has 4 aliphatic rings. The maximum Gasteiger partial charge on any atom is 0.191 e. The number of nitrogens with zero attached hydrogens (tertiary/aromatic N) is 3. The Balaban J connectivity index is 1.33. The molecule has 3 nitrogen and oxygen atoms in total. The lowest BCUT2D eigenvalue weighted by Gasteiger charge is -2.56. The van der Waals surface area contributed by atoms with Gasteiger partial charge in [-0.2, -0.15) is 0 Å². The van der Waals surface area contributed by atoms with E-state index < -0.39 is 0 Å². The summed E-state index contributed by atoms with van der Waals surface area (Å²) in [5.74, 6) is 5.23. The van der Waals surface area contributed by atoms with Crippen molar-refractivity contribution in [3.63, 3.8) is 0 Å². The highest BCUT2D eigenvalue weighted by Gasteiger charge is 2.51. The summed E-state index contributed by atoms with van der Waals surface area (Å²) in [5, 5.41) is 10.4. The van der Waals surface area contributed by atoms with Crippen molar-refractivity contribution in [1.82, 2.24) is 14.8 Å². The van der Waals surface area contributed by atoms with Crippen LogP contribution in [0.3, 0.4) is 0 Å². The zero-order valence-electron chi connectivity index (χ0n) is 16.7. The SMILES string of the molecule is CCn1c(CC23CC4CC(CC(C4)C2)C3)nnc1SCc1ccccc1C. The summed E-state index contributed by atoms with van der Waals surface area (Å²) in [6.07, 6.45) is 10.0. The summed E-state index contributed by atoms with van der Waals surface area (Å²) >= 11 is 1.84. The second kappa shape index (κ2) is 6.95. The Morgan fingerprint density at radius 3 is 2.33 bits per heavy atom. The highest BCUT2D eigenvalue weighted by molar-refractivity contribution is 7.98. The van der Waals surface area contributed by atoms with Crippen molar-refractivity contribution in [1.29, 1.82) is 0 Å². The van der Waals surface area contributed by atoms with E-state index in [1.807, 2.05) is 11.8 Å². The Morgan fingerprint density at radius 1 is 1.04 bits per heavy atom. The maximum absolute atomic E-state index is 4.69. The van der Waals surface area contributed by atoms with E-state index in [-0.39, 0.29) is 0 Å². The predicted molar refractivity (Wildman–Crippen MR) is 111 cm³/mol. The highest BCUT2D eigenvalue weighted by Crippen LogP contribution is 2.61. The first kappa shape index (κ1) is 17.8. The van der Waals surface area contributed by atoms with Gasteiger partial charge in [0.1, 0.15) is 5.82 Å². The number of rotatable bonds is 6. The van der Waals surface area contributed by atoms with Crippen LogP contribution in [-0.2, 0) is 18.7 Å². The Hall–Kier alpha value is -1.29. The highest BCUT2D eigenvalue weighted by atomic mass is 32.2. The largest absolute Gasteiger partial charge is 0.306 e. The van der Waals surface area contributed by atoms with Gasteiger partial charge in [0, 0.05) is 18.7 Å². The normalized spacial score (nSPS) is 31.6. The van der Waals surface area contributed by atoms with Gasteiger partial charge in [0.25, 0.3) is 0 Å². The molecular formula is C23H31N3S. The van der Waals surface area contributed by atoms with Crippen molar-refractivity contribution >= 4 is 11.8 Å². The van der Waals surface area contributed by atoms with Crippen molar-refractivity contribution < 1.29 is 0 Å². The Morgan fingerprint density at radius 2 is 1.70 bits per heavy atom. The topological polar surface area (TPSA) is 30.7 Å². The van der Waals surface area contributed by atoms with Crippen LogP contribution >= 0.6 is 11.8 Å². The van der Waals surface area contributed by atoms with Crippen LogP contribution in [0.2, 0.25) is 0 Å². The van der Waals surface area contributed by atoms with Gasteiger partial charge >= 0.3 is 0 Å². The van der Waals surface area contributed by atoms with Crippen molar-refractivity contribution in [2.45, 2.75) is 76.2 Å². The van der Waals surface area contributed by atoms with Crippen LogP contribution in [0, 0.1) is 30.1 Å². The van der Waals surface area contributed by atoms with E-state index in [1.165, 1.54) is 55.5 Å². The summed E-state index contributed by atoms with van der Waals surface area (Å²) in [6.45, 7) is 5.41. The summed E-state index contributed by atoms with van der Waals surface area (Å²) in [4.78, 5) is 0. The zero-order chi connectivity index (χ0) is 18.4. The second-order valence-corrected chi connectivity index (χ2v) is 10.4. The Kier molecular flexibility index (Phi) is 4.58. The lowest BCUT2D eigenvalue weighted by atomic mass is 9.49. The molecule has 0 aliphatic heterocycles. The fourth-order valence-corrected chi connectivity index (χ4v) is 7.73. The van der Waals surface area contributed by atoms with Gasteiger partial charge in [0.05, 0.1) is 0 Å². The predicted octanol–water partition coefficient (Wildman–Crippen LogP) is 5.66. The molecule has 0 N–H and O–H groups in total. The van der Waals surface area contributed by atoms with Gasteiger partial charge < -0.3 is 4.57 Å². The first-order valence-corrected chi connectivity index (χ1v) is 11.7. The number of thioether (sulfide) groups is 1. The molecule has 1 aromatic heterocycles. The van der Waals surface area contributed by atoms with Crippen LogP contribution in [-0.4, -0.2) is 14.8 Å². The average molecular weight is 382 g/mol. The molecule has 4 saturated carbocycles. The van der Waals surface area contributed by atoms with Gasteiger partial charge in [0.15, 0.2) is 5.16 Å². The van der Waals surface area contributed by atoms with E-state index in [1.54, 1.807) is 0 Å². The number of hydrogen-bond acceptors (Lipinski definition) is 3. The molecule has 6 rings (SSSR count). The number of hydrogen-bond donors (Lipinski definition) is 0. The minimum Gasteiger partial charge on any atom is -0.306 e. The van der Waals surface area contributed by atoms with Crippen LogP contribution in [0.15, 0.2) is 29.4 Å². The Labute approximate surface area is 167 Å². The van der Waals surface area contributed by atoms with E-state index in [0.29, 0.717) is 5.41 Å². The van der Waals surface area contributed by atoms with Crippen LogP contribution < -0.4 is 0 Å². The van der Waals surface area contributed by atoms with Crippen LogP contribution in [0.5, 0.6) is 0 Å². The summed E-state index contributed by atoms with van der Waals surface area (Å²) < 4.78 is 2.39. The molecule has 0 saturated heterocycles. The molecule has 4 fully saturated rings. The van der Waals surface area contributed by atoms with Gasteiger partial charge in [-0.15, -0.1) is 10.2 Å². The minimum atomic E-state index is 0.534. The van der Waals surface area contributed by atoms with E-state index in [4.69, 9.17) is 0 Å². The van der Waals surface area contributed by atoms with Crippen LogP contribution in [0.1, 0.15) is 62.4 Å². The molecular weight excluding hydrogens is 350 g/mol. The number of aryl methyl sites for hydroxylation is 1. The molecule has 27 heavy (non-hydrogen) atoms. The average Bonchev–Trinajstić information content (AvgIpc) is 3.00. The molecule has 4 heteroatoms. The third-order valence-electron chi connectivity index (χ3n) is 7.43. The molecule has 144 valence electrons. The summed E-state index contributed by atoms with van der Waals surface area (Å²) in [6, 6.07) is 8.66. The fraction of sp³-hybridized carbons (Fsp3) is 0.652. The van der Waals surface area contributed by atoms with Gasteiger partial charge in [-0.1, -0.05) is 36.0 Å². The van der Waals surface area contributed by atoms with Crippen LogP contribution in [0.25, 0.3) is 0 Å². The van der Waals surface area contributed by atoms with E-state index in [9.17, 15) is 0 Å². The first-order chi connectivity index (χ1) is 13.1. The van der Waals surface area contributed by atoms with Gasteiger partial charge in [0.2, 0.25) is 0 Å². The van der Waals surface area contributed by atoms with Crippen molar-refractivity contribution in [2.24, 2.45) is 23.2 Å². The molecule has 0 unspecified atom stereocenters. The van der Waals surface area contributed by atoms with Crippen LogP contribution in [0.4, 0.5) is 0 Å². The van der Waals surface area contributed by atoms with Gasteiger partial charge in [-0.05, 0) is 86.7 Å². The lowest BCUT2D eigenvalue weighted by Crippen LogP contribution is -2.47. The second-order valence-electron chi connectivity index (χ2n) is 9.45. The van der Waals surface area contributed by atoms with Gasteiger partial charge in [-0.25, -0.2) is 0 Å². The lowest BCUT2D eigenvalue weighted by molar-refractivity contribution is -0.0536. The molecule has 4 aliphatic carbocycles.